The lowest BCUT2D eigenvalue weighted by Gasteiger charge is -2.15. The highest BCUT2D eigenvalue weighted by molar-refractivity contribution is 5.38. The fourth-order valence-electron chi connectivity index (χ4n) is 1.73. The molecular formula is C14H17N3O. The molecule has 2 aromatic rings. The quantitative estimate of drug-likeness (QED) is 0.894. The first-order chi connectivity index (χ1) is 8.72. The van der Waals surface area contributed by atoms with Gasteiger partial charge in [-0.1, -0.05) is 18.2 Å². The average molecular weight is 243 g/mol. The van der Waals surface area contributed by atoms with Gasteiger partial charge in [0.25, 0.3) is 0 Å². The average Bonchev–Trinajstić information content (AvgIpc) is 2.40. The Bertz CT molecular complexity index is 511. The summed E-state index contributed by atoms with van der Waals surface area (Å²) in [7, 11) is 0. The highest BCUT2D eigenvalue weighted by atomic mass is 16.5. The summed E-state index contributed by atoms with van der Waals surface area (Å²) < 4.78 is 5.57. The molecule has 0 spiro atoms. The van der Waals surface area contributed by atoms with Crippen molar-refractivity contribution >= 4 is 0 Å². The molecule has 0 fully saturated rings. The SMILES string of the molecule is CCOc1ccccc1C(N)c1ncc(C)cn1. The highest BCUT2D eigenvalue weighted by Crippen LogP contribution is 2.26. The molecule has 0 aliphatic rings. The second kappa shape index (κ2) is 5.60. The Morgan fingerprint density at radius 1 is 1.22 bits per heavy atom. The van der Waals surface area contributed by atoms with Crippen molar-refractivity contribution in [3.05, 3.63) is 53.6 Å². The smallest absolute Gasteiger partial charge is 0.149 e. The van der Waals surface area contributed by atoms with Crippen LogP contribution < -0.4 is 10.5 Å². The van der Waals surface area contributed by atoms with E-state index < -0.39 is 0 Å². The Labute approximate surface area is 107 Å². The van der Waals surface area contributed by atoms with Crippen LogP contribution in [0, 0.1) is 6.92 Å². The lowest BCUT2D eigenvalue weighted by atomic mass is 10.1. The summed E-state index contributed by atoms with van der Waals surface area (Å²) >= 11 is 0. The maximum absolute atomic E-state index is 6.19. The van der Waals surface area contributed by atoms with Crippen LogP contribution in [-0.4, -0.2) is 16.6 Å². The Balaban J connectivity index is 2.33. The lowest BCUT2D eigenvalue weighted by Crippen LogP contribution is -2.16. The minimum absolute atomic E-state index is 0.367. The van der Waals surface area contributed by atoms with Crippen molar-refractivity contribution in [2.75, 3.05) is 6.61 Å². The molecule has 1 atom stereocenters. The van der Waals surface area contributed by atoms with Gasteiger partial charge in [-0.05, 0) is 25.5 Å². The number of hydrogen-bond acceptors (Lipinski definition) is 4. The number of nitrogens with zero attached hydrogens (tertiary/aromatic N) is 2. The minimum Gasteiger partial charge on any atom is -0.494 e. The molecule has 1 heterocycles. The second-order valence-electron chi connectivity index (χ2n) is 4.07. The number of nitrogens with two attached hydrogens (primary N) is 1. The third-order valence-electron chi connectivity index (χ3n) is 2.63. The molecule has 94 valence electrons. The summed E-state index contributed by atoms with van der Waals surface area (Å²) in [6.45, 7) is 4.51. The molecule has 2 N–H and O–H groups in total. The molecule has 0 aliphatic heterocycles. The van der Waals surface area contributed by atoms with E-state index in [9.17, 15) is 0 Å². The van der Waals surface area contributed by atoms with Gasteiger partial charge in [0.15, 0.2) is 0 Å². The fourth-order valence-corrected chi connectivity index (χ4v) is 1.73. The van der Waals surface area contributed by atoms with Gasteiger partial charge in [0.1, 0.15) is 11.6 Å². The van der Waals surface area contributed by atoms with Crippen LogP contribution in [0.3, 0.4) is 0 Å². The monoisotopic (exact) mass is 243 g/mol. The number of rotatable bonds is 4. The molecule has 0 saturated heterocycles. The van der Waals surface area contributed by atoms with E-state index in [-0.39, 0.29) is 6.04 Å². The van der Waals surface area contributed by atoms with Crippen molar-refractivity contribution < 1.29 is 4.74 Å². The van der Waals surface area contributed by atoms with Gasteiger partial charge in [0, 0.05) is 18.0 Å². The molecule has 0 radical (unpaired) electrons. The first kappa shape index (κ1) is 12.5. The van der Waals surface area contributed by atoms with Crippen molar-refractivity contribution in [3.63, 3.8) is 0 Å². The number of aryl methyl sites for hydroxylation is 1. The molecule has 0 amide bonds. The van der Waals surface area contributed by atoms with Gasteiger partial charge in [-0.15, -0.1) is 0 Å². The molecule has 1 aromatic heterocycles. The van der Waals surface area contributed by atoms with E-state index in [1.807, 2.05) is 38.1 Å². The van der Waals surface area contributed by atoms with E-state index in [2.05, 4.69) is 9.97 Å². The van der Waals surface area contributed by atoms with Crippen LogP contribution in [0.5, 0.6) is 5.75 Å². The number of aromatic nitrogens is 2. The van der Waals surface area contributed by atoms with Crippen molar-refractivity contribution in [3.8, 4) is 5.75 Å². The number of ether oxygens (including phenoxy) is 1. The van der Waals surface area contributed by atoms with Crippen LogP contribution in [0.2, 0.25) is 0 Å². The van der Waals surface area contributed by atoms with E-state index in [0.29, 0.717) is 12.4 Å². The third kappa shape index (κ3) is 2.65. The predicted molar refractivity (Wildman–Crippen MR) is 70.4 cm³/mol. The lowest BCUT2D eigenvalue weighted by molar-refractivity contribution is 0.335. The van der Waals surface area contributed by atoms with Crippen molar-refractivity contribution in [2.45, 2.75) is 19.9 Å². The third-order valence-corrected chi connectivity index (χ3v) is 2.63. The second-order valence-corrected chi connectivity index (χ2v) is 4.07. The standard InChI is InChI=1S/C14H17N3O/c1-3-18-12-7-5-4-6-11(12)13(15)14-16-8-10(2)9-17-14/h4-9,13H,3,15H2,1-2H3. The Kier molecular flexibility index (Phi) is 3.89. The van der Waals surface area contributed by atoms with Gasteiger partial charge >= 0.3 is 0 Å². The topological polar surface area (TPSA) is 61.0 Å². The maximum Gasteiger partial charge on any atom is 0.149 e. The molecule has 1 aromatic carbocycles. The van der Waals surface area contributed by atoms with E-state index >= 15 is 0 Å². The van der Waals surface area contributed by atoms with Crippen LogP contribution >= 0.6 is 0 Å². The van der Waals surface area contributed by atoms with Crippen molar-refractivity contribution in [1.29, 1.82) is 0 Å². The Morgan fingerprint density at radius 2 is 1.89 bits per heavy atom. The molecule has 4 heteroatoms. The largest absolute Gasteiger partial charge is 0.494 e. The van der Waals surface area contributed by atoms with Crippen LogP contribution in [0.1, 0.15) is 29.9 Å². The summed E-state index contributed by atoms with van der Waals surface area (Å²) in [4.78, 5) is 8.53. The fraction of sp³-hybridized carbons (Fsp3) is 0.286. The van der Waals surface area contributed by atoms with Gasteiger partial charge in [-0.2, -0.15) is 0 Å². The van der Waals surface area contributed by atoms with E-state index in [4.69, 9.17) is 10.5 Å². The molecule has 0 bridgehead atoms. The first-order valence-corrected chi connectivity index (χ1v) is 5.98. The number of para-hydroxylation sites is 1. The van der Waals surface area contributed by atoms with Gasteiger partial charge < -0.3 is 10.5 Å². The number of hydrogen-bond donors (Lipinski definition) is 1. The summed E-state index contributed by atoms with van der Waals surface area (Å²) in [6, 6.07) is 7.35. The van der Waals surface area contributed by atoms with Crippen LogP contribution in [0.4, 0.5) is 0 Å². The zero-order valence-electron chi connectivity index (χ0n) is 10.6. The highest BCUT2D eigenvalue weighted by Gasteiger charge is 2.15. The van der Waals surface area contributed by atoms with E-state index in [0.717, 1.165) is 16.9 Å². The van der Waals surface area contributed by atoms with E-state index in [1.54, 1.807) is 12.4 Å². The van der Waals surface area contributed by atoms with Crippen molar-refractivity contribution in [2.24, 2.45) is 5.73 Å². The Hall–Kier alpha value is -1.94. The Morgan fingerprint density at radius 3 is 2.56 bits per heavy atom. The molecule has 4 nitrogen and oxygen atoms in total. The van der Waals surface area contributed by atoms with Gasteiger partial charge in [-0.25, -0.2) is 9.97 Å². The zero-order valence-corrected chi connectivity index (χ0v) is 10.6. The summed E-state index contributed by atoms with van der Waals surface area (Å²) in [6.07, 6.45) is 3.54. The maximum atomic E-state index is 6.19. The summed E-state index contributed by atoms with van der Waals surface area (Å²) in [5, 5.41) is 0. The normalized spacial score (nSPS) is 12.2. The summed E-state index contributed by atoms with van der Waals surface area (Å²) in [5.74, 6) is 1.39. The van der Waals surface area contributed by atoms with E-state index in [1.165, 1.54) is 0 Å². The van der Waals surface area contributed by atoms with Gasteiger partial charge in [0.2, 0.25) is 0 Å². The minimum atomic E-state index is -0.367. The van der Waals surface area contributed by atoms with Gasteiger partial charge in [-0.3, -0.25) is 0 Å². The molecule has 1 unspecified atom stereocenters. The molecular weight excluding hydrogens is 226 g/mol. The van der Waals surface area contributed by atoms with Gasteiger partial charge in [0.05, 0.1) is 12.6 Å². The molecule has 0 saturated carbocycles. The zero-order chi connectivity index (χ0) is 13.0. The molecule has 0 aliphatic carbocycles. The van der Waals surface area contributed by atoms with Crippen LogP contribution in [0.15, 0.2) is 36.7 Å². The first-order valence-electron chi connectivity index (χ1n) is 5.98. The molecule has 18 heavy (non-hydrogen) atoms. The summed E-state index contributed by atoms with van der Waals surface area (Å²) in [5.41, 5.74) is 8.12. The van der Waals surface area contributed by atoms with Crippen molar-refractivity contribution in [1.82, 2.24) is 9.97 Å². The van der Waals surface area contributed by atoms with Crippen LogP contribution in [0.25, 0.3) is 0 Å². The predicted octanol–water partition coefficient (Wildman–Crippen LogP) is 2.23. The van der Waals surface area contributed by atoms with Crippen LogP contribution in [-0.2, 0) is 0 Å². The molecule has 2 rings (SSSR count). The number of benzene rings is 1.